The molecule has 0 aromatic carbocycles. The highest BCUT2D eigenvalue weighted by Crippen LogP contribution is 1.89. The Kier molecular flexibility index (Phi) is 31.0. The predicted molar refractivity (Wildman–Crippen MR) is 66.5 cm³/mol. The van der Waals surface area contributed by atoms with Gasteiger partial charge in [0.2, 0.25) is 0 Å². The molecule has 0 atom stereocenters. The Labute approximate surface area is 99.3 Å². The van der Waals surface area contributed by atoms with Gasteiger partial charge in [0, 0.05) is 20.1 Å². The van der Waals surface area contributed by atoms with Gasteiger partial charge < -0.3 is 15.3 Å². The molecule has 100 valence electrons. The molecule has 4 nitrogen and oxygen atoms in total. The van der Waals surface area contributed by atoms with Gasteiger partial charge >= 0.3 is 0 Å². The number of aliphatic carboxylic acids is 1. The minimum Gasteiger partial charge on any atom is -0.481 e. The third-order valence-electron chi connectivity index (χ3n) is 1.52. The first-order valence-electron chi connectivity index (χ1n) is 5.97. The van der Waals surface area contributed by atoms with E-state index in [4.69, 9.17) is 20.1 Å². The first-order valence-corrected chi connectivity index (χ1v) is 5.97. The van der Waals surface area contributed by atoms with Crippen molar-refractivity contribution >= 4 is 5.97 Å². The predicted octanol–water partition coefficient (Wildman–Crippen LogP) is 2.43. The summed E-state index contributed by atoms with van der Waals surface area (Å²) in [5.41, 5.74) is 0. The minimum atomic E-state index is -0.833. The summed E-state index contributed by atoms with van der Waals surface area (Å²) in [7, 11) is 0. The van der Waals surface area contributed by atoms with Gasteiger partial charge in [-0.15, -0.1) is 0 Å². The smallest absolute Gasteiger partial charge is 0.300 e. The van der Waals surface area contributed by atoms with Crippen LogP contribution in [0, 0.1) is 0 Å². The van der Waals surface area contributed by atoms with Gasteiger partial charge in [-0.1, -0.05) is 39.5 Å². The molecule has 4 heteroatoms. The third kappa shape index (κ3) is 70.8. The van der Waals surface area contributed by atoms with Gasteiger partial charge in [0.05, 0.1) is 0 Å². The summed E-state index contributed by atoms with van der Waals surface area (Å²) in [6, 6.07) is 0. The van der Waals surface area contributed by atoms with Crippen LogP contribution in [0.3, 0.4) is 0 Å². The van der Waals surface area contributed by atoms with Gasteiger partial charge in [0.25, 0.3) is 5.97 Å². The summed E-state index contributed by atoms with van der Waals surface area (Å²) in [5, 5.41) is 23.8. The second-order valence-electron chi connectivity index (χ2n) is 3.38. The van der Waals surface area contributed by atoms with Crippen LogP contribution in [0.1, 0.15) is 59.3 Å². The number of hydrogen-bond acceptors (Lipinski definition) is 3. The quantitative estimate of drug-likeness (QED) is 0.619. The molecule has 0 fully saturated rings. The number of carboxylic acid groups (broad SMARTS) is 1. The van der Waals surface area contributed by atoms with Gasteiger partial charge in [-0.25, -0.2) is 0 Å². The Bertz CT molecular complexity index is 95.6. The zero-order valence-electron chi connectivity index (χ0n) is 10.9. The molecular formula is C12H28O4. The third-order valence-corrected chi connectivity index (χ3v) is 1.52. The Morgan fingerprint density at radius 1 is 0.875 bits per heavy atom. The highest BCUT2D eigenvalue weighted by Gasteiger charge is 1.76. The van der Waals surface area contributed by atoms with Crippen molar-refractivity contribution in [2.75, 3.05) is 13.2 Å². The van der Waals surface area contributed by atoms with Gasteiger partial charge in [0.1, 0.15) is 0 Å². The topological polar surface area (TPSA) is 77.8 Å². The van der Waals surface area contributed by atoms with Crippen LogP contribution in [0.4, 0.5) is 0 Å². The summed E-state index contributed by atoms with van der Waals surface area (Å²) in [6.45, 7) is 6.03. The highest BCUT2D eigenvalue weighted by atomic mass is 16.4. The van der Waals surface area contributed by atoms with Crippen molar-refractivity contribution in [1.29, 1.82) is 0 Å². The lowest BCUT2D eigenvalue weighted by Crippen LogP contribution is -1.78. The number of aliphatic hydroxyl groups excluding tert-OH is 2. The first kappa shape index (κ1) is 20.8. The van der Waals surface area contributed by atoms with Crippen molar-refractivity contribution in [2.45, 2.75) is 59.3 Å². The lowest BCUT2D eigenvalue weighted by Gasteiger charge is -1.85. The first-order chi connectivity index (χ1) is 7.56. The lowest BCUT2D eigenvalue weighted by molar-refractivity contribution is -0.134. The van der Waals surface area contributed by atoms with Crippen molar-refractivity contribution in [2.24, 2.45) is 0 Å². The van der Waals surface area contributed by atoms with E-state index in [1.807, 2.05) is 0 Å². The molecule has 0 aromatic heterocycles. The summed E-state index contributed by atoms with van der Waals surface area (Å²) >= 11 is 0. The van der Waals surface area contributed by atoms with Crippen molar-refractivity contribution in [1.82, 2.24) is 0 Å². The van der Waals surface area contributed by atoms with E-state index in [1.54, 1.807) is 0 Å². The average molecular weight is 236 g/mol. The molecule has 0 aliphatic heterocycles. The molecule has 0 radical (unpaired) electrons. The number of carboxylic acids is 1. The zero-order chi connectivity index (χ0) is 13.2. The van der Waals surface area contributed by atoms with E-state index in [2.05, 4.69) is 13.8 Å². The maximum atomic E-state index is 9.00. The number of unbranched alkanes of at least 4 members (excludes halogenated alkanes) is 4. The van der Waals surface area contributed by atoms with E-state index in [9.17, 15) is 0 Å². The number of aliphatic hydroxyl groups is 2. The Balaban J connectivity index is -0.000000162. The fourth-order valence-corrected chi connectivity index (χ4v) is 0.724. The second kappa shape index (κ2) is 23.9. The molecule has 0 aromatic rings. The van der Waals surface area contributed by atoms with Crippen LogP contribution >= 0.6 is 0 Å². The van der Waals surface area contributed by atoms with Crippen molar-refractivity contribution < 1.29 is 20.1 Å². The molecule has 0 aliphatic rings. The van der Waals surface area contributed by atoms with Crippen LogP contribution in [-0.4, -0.2) is 34.5 Å². The molecule has 16 heavy (non-hydrogen) atoms. The van der Waals surface area contributed by atoms with E-state index < -0.39 is 5.97 Å². The molecular weight excluding hydrogens is 208 g/mol. The Morgan fingerprint density at radius 3 is 1.19 bits per heavy atom. The number of carbonyl (C=O) groups is 1. The van der Waals surface area contributed by atoms with E-state index in [1.165, 1.54) is 12.8 Å². The van der Waals surface area contributed by atoms with Gasteiger partial charge in [-0.05, 0) is 12.8 Å². The molecule has 0 aliphatic carbocycles. The van der Waals surface area contributed by atoms with Crippen LogP contribution in [-0.2, 0) is 4.79 Å². The summed E-state index contributed by atoms with van der Waals surface area (Å²) in [4.78, 5) is 9.00. The van der Waals surface area contributed by atoms with Gasteiger partial charge in [-0.2, -0.15) is 0 Å². The van der Waals surface area contributed by atoms with Crippen molar-refractivity contribution in [3.05, 3.63) is 0 Å². The average Bonchev–Trinajstić information content (AvgIpc) is 2.23. The maximum Gasteiger partial charge on any atom is 0.300 e. The summed E-state index contributed by atoms with van der Waals surface area (Å²) < 4.78 is 0. The maximum absolute atomic E-state index is 9.00. The van der Waals surface area contributed by atoms with Crippen molar-refractivity contribution in [3.63, 3.8) is 0 Å². The number of hydrogen-bond donors (Lipinski definition) is 3. The minimum absolute atomic E-state index is 0.355. The van der Waals surface area contributed by atoms with Crippen LogP contribution in [0.25, 0.3) is 0 Å². The zero-order valence-corrected chi connectivity index (χ0v) is 10.9. The SMILES string of the molecule is CC(=O)O.CCCCCO.CCCCCO. The van der Waals surface area contributed by atoms with Crippen LogP contribution in [0.15, 0.2) is 0 Å². The van der Waals surface area contributed by atoms with E-state index >= 15 is 0 Å². The van der Waals surface area contributed by atoms with Gasteiger partial charge in [0.15, 0.2) is 0 Å². The van der Waals surface area contributed by atoms with E-state index in [0.717, 1.165) is 32.6 Å². The van der Waals surface area contributed by atoms with Crippen LogP contribution < -0.4 is 0 Å². The Hall–Kier alpha value is -0.610. The van der Waals surface area contributed by atoms with Crippen molar-refractivity contribution in [3.8, 4) is 0 Å². The molecule has 0 spiro atoms. The highest BCUT2D eigenvalue weighted by molar-refractivity contribution is 5.62. The molecule has 0 saturated heterocycles. The number of rotatable bonds is 6. The van der Waals surface area contributed by atoms with E-state index in [-0.39, 0.29) is 0 Å². The fourth-order valence-electron chi connectivity index (χ4n) is 0.724. The largest absolute Gasteiger partial charge is 0.481 e. The fraction of sp³-hybridized carbons (Fsp3) is 0.917. The molecule has 0 bridgehead atoms. The molecule has 0 unspecified atom stereocenters. The van der Waals surface area contributed by atoms with Gasteiger partial charge in [-0.3, -0.25) is 4.79 Å². The van der Waals surface area contributed by atoms with Crippen LogP contribution in [0.5, 0.6) is 0 Å². The lowest BCUT2D eigenvalue weighted by atomic mass is 10.3. The Morgan fingerprint density at radius 2 is 1.12 bits per heavy atom. The molecule has 0 amide bonds. The molecule has 3 N–H and O–H groups in total. The molecule has 0 saturated carbocycles. The molecule has 0 rings (SSSR count). The van der Waals surface area contributed by atoms with E-state index in [0.29, 0.717) is 13.2 Å². The summed E-state index contributed by atoms with van der Waals surface area (Å²) in [6.07, 6.45) is 6.65. The monoisotopic (exact) mass is 236 g/mol. The summed E-state index contributed by atoms with van der Waals surface area (Å²) in [5.74, 6) is -0.833. The normalized spacial score (nSPS) is 8.31. The second-order valence-corrected chi connectivity index (χ2v) is 3.38. The van der Waals surface area contributed by atoms with Crippen LogP contribution in [0.2, 0.25) is 0 Å². The molecule has 0 heterocycles. The standard InChI is InChI=1S/2C5H12O.C2H4O2/c2*1-2-3-4-5-6;1-2(3)4/h2*6H,2-5H2,1H3;1H3,(H,3,4).